The number of hydrogen-bond donors (Lipinski definition) is 1. The van der Waals surface area contributed by atoms with Gasteiger partial charge in [-0.25, -0.2) is 0 Å². The second-order valence-electron chi connectivity index (χ2n) is 5.24. The Morgan fingerprint density at radius 3 is 2.28 bits per heavy atom. The van der Waals surface area contributed by atoms with Crippen LogP contribution in [0.25, 0.3) is 0 Å². The first kappa shape index (κ1) is 13.4. The van der Waals surface area contributed by atoms with E-state index in [0.29, 0.717) is 18.5 Å². The molecule has 4 heteroatoms. The van der Waals surface area contributed by atoms with Gasteiger partial charge in [-0.3, -0.25) is 0 Å². The van der Waals surface area contributed by atoms with Crippen molar-refractivity contribution in [2.75, 3.05) is 6.54 Å². The van der Waals surface area contributed by atoms with Gasteiger partial charge in [0.1, 0.15) is 0 Å². The standard InChI is InChI=1S/C14H18F3N/c15-14(16,17)12-6-2-1-5-11(12)9-13(10-18)7-3-4-8-13/h1-2,5-6H,3-4,7-10,18H2. The molecular weight excluding hydrogens is 239 g/mol. The van der Waals surface area contributed by atoms with Crippen LogP contribution in [0.3, 0.4) is 0 Å². The summed E-state index contributed by atoms with van der Waals surface area (Å²) in [5, 5.41) is 0. The van der Waals surface area contributed by atoms with Gasteiger partial charge in [-0.1, -0.05) is 31.0 Å². The Bertz CT molecular complexity index is 406. The first-order chi connectivity index (χ1) is 8.47. The van der Waals surface area contributed by atoms with Gasteiger partial charge in [-0.2, -0.15) is 13.2 Å². The highest BCUT2D eigenvalue weighted by Gasteiger charge is 2.37. The third kappa shape index (κ3) is 2.69. The molecule has 1 saturated carbocycles. The van der Waals surface area contributed by atoms with Gasteiger partial charge in [0.25, 0.3) is 0 Å². The first-order valence-electron chi connectivity index (χ1n) is 6.32. The van der Waals surface area contributed by atoms with Crippen LogP contribution in [0.15, 0.2) is 24.3 Å². The van der Waals surface area contributed by atoms with Gasteiger partial charge < -0.3 is 5.73 Å². The predicted octanol–water partition coefficient (Wildman–Crippen LogP) is 3.77. The van der Waals surface area contributed by atoms with Crippen LogP contribution in [0.2, 0.25) is 0 Å². The van der Waals surface area contributed by atoms with E-state index in [4.69, 9.17) is 5.73 Å². The van der Waals surface area contributed by atoms with Crippen LogP contribution in [0, 0.1) is 5.41 Å². The van der Waals surface area contributed by atoms with Gasteiger partial charge >= 0.3 is 6.18 Å². The fourth-order valence-corrected chi connectivity index (χ4v) is 2.93. The Morgan fingerprint density at radius 1 is 1.11 bits per heavy atom. The van der Waals surface area contributed by atoms with Crippen LogP contribution >= 0.6 is 0 Å². The number of nitrogens with two attached hydrogens (primary N) is 1. The quantitative estimate of drug-likeness (QED) is 0.876. The molecule has 1 aliphatic rings. The molecule has 0 aliphatic heterocycles. The molecule has 0 aromatic heterocycles. The maximum atomic E-state index is 12.9. The van der Waals surface area contributed by atoms with Crippen LogP contribution in [0.5, 0.6) is 0 Å². The third-order valence-electron chi connectivity index (χ3n) is 3.99. The zero-order valence-corrected chi connectivity index (χ0v) is 10.3. The van der Waals surface area contributed by atoms with Crippen molar-refractivity contribution < 1.29 is 13.2 Å². The molecule has 0 amide bonds. The van der Waals surface area contributed by atoms with E-state index in [-0.39, 0.29) is 5.41 Å². The summed E-state index contributed by atoms with van der Waals surface area (Å²) in [6.07, 6.45) is 0.201. The fourth-order valence-electron chi connectivity index (χ4n) is 2.93. The average molecular weight is 257 g/mol. The molecule has 1 nitrogen and oxygen atoms in total. The van der Waals surface area contributed by atoms with Crippen LogP contribution in [-0.4, -0.2) is 6.54 Å². The molecule has 2 N–H and O–H groups in total. The van der Waals surface area contributed by atoms with E-state index < -0.39 is 11.7 Å². The Labute approximate surface area is 105 Å². The lowest BCUT2D eigenvalue weighted by Gasteiger charge is -2.28. The van der Waals surface area contributed by atoms with Crippen molar-refractivity contribution in [1.29, 1.82) is 0 Å². The molecule has 100 valence electrons. The van der Waals surface area contributed by atoms with E-state index in [0.717, 1.165) is 31.7 Å². The third-order valence-corrected chi connectivity index (χ3v) is 3.99. The summed E-state index contributed by atoms with van der Waals surface area (Å²) in [6, 6.07) is 5.85. The van der Waals surface area contributed by atoms with E-state index in [2.05, 4.69) is 0 Å². The molecule has 0 spiro atoms. The highest BCUT2D eigenvalue weighted by atomic mass is 19.4. The smallest absolute Gasteiger partial charge is 0.330 e. The Hall–Kier alpha value is -1.03. The summed E-state index contributed by atoms with van der Waals surface area (Å²) >= 11 is 0. The second-order valence-corrected chi connectivity index (χ2v) is 5.24. The van der Waals surface area contributed by atoms with Crippen molar-refractivity contribution >= 4 is 0 Å². The molecule has 1 aromatic carbocycles. The van der Waals surface area contributed by atoms with Crippen molar-refractivity contribution in [2.24, 2.45) is 11.1 Å². The summed E-state index contributed by atoms with van der Waals surface area (Å²) in [6.45, 7) is 0.471. The number of hydrogen-bond acceptors (Lipinski definition) is 1. The lowest BCUT2D eigenvalue weighted by Crippen LogP contribution is -2.30. The highest BCUT2D eigenvalue weighted by Crippen LogP contribution is 2.42. The minimum Gasteiger partial charge on any atom is -0.330 e. The van der Waals surface area contributed by atoms with Gasteiger partial charge in [0, 0.05) is 0 Å². The lowest BCUT2D eigenvalue weighted by molar-refractivity contribution is -0.138. The fraction of sp³-hybridized carbons (Fsp3) is 0.571. The zero-order valence-electron chi connectivity index (χ0n) is 10.3. The molecule has 1 aromatic rings. The summed E-state index contributed by atoms with van der Waals surface area (Å²) in [5.41, 5.74) is 5.55. The molecule has 0 unspecified atom stereocenters. The number of rotatable bonds is 3. The molecular formula is C14H18F3N. The summed E-state index contributed by atoms with van der Waals surface area (Å²) < 4.78 is 38.8. The van der Waals surface area contributed by atoms with Crippen molar-refractivity contribution in [3.8, 4) is 0 Å². The van der Waals surface area contributed by atoms with E-state index in [1.54, 1.807) is 12.1 Å². The molecule has 0 bridgehead atoms. The maximum Gasteiger partial charge on any atom is 0.416 e. The van der Waals surface area contributed by atoms with Gasteiger partial charge in [0.05, 0.1) is 5.56 Å². The minimum absolute atomic E-state index is 0.124. The van der Waals surface area contributed by atoms with Crippen molar-refractivity contribution in [3.63, 3.8) is 0 Å². The number of alkyl halides is 3. The monoisotopic (exact) mass is 257 g/mol. The van der Waals surface area contributed by atoms with Gasteiger partial charge in [0.15, 0.2) is 0 Å². The summed E-state index contributed by atoms with van der Waals surface area (Å²) in [4.78, 5) is 0. The van der Waals surface area contributed by atoms with E-state index in [9.17, 15) is 13.2 Å². The topological polar surface area (TPSA) is 26.0 Å². The van der Waals surface area contributed by atoms with Crippen LogP contribution < -0.4 is 5.73 Å². The van der Waals surface area contributed by atoms with E-state index in [1.807, 2.05) is 0 Å². The Kier molecular flexibility index (Phi) is 3.66. The van der Waals surface area contributed by atoms with Crippen LogP contribution in [-0.2, 0) is 12.6 Å². The second kappa shape index (κ2) is 4.92. The van der Waals surface area contributed by atoms with E-state index >= 15 is 0 Å². The van der Waals surface area contributed by atoms with Gasteiger partial charge in [-0.05, 0) is 42.9 Å². The SMILES string of the molecule is NCC1(Cc2ccccc2C(F)(F)F)CCCC1. The number of halogens is 3. The molecule has 0 heterocycles. The zero-order chi connectivity index (χ0) is 13.2. The Morgan fingerprint density at radius 2 is 1.72 bits per heavy atom. The molecule has 1 aliphatic carbocycles. The normalized spacial score (nSPS) is 19.1. The van der Waals surface area contributed by atoms with Gasteiger partial charge in [-0.15, -0.1) is 0 Å². The minimum atomic E-state index is -4.27. The predicted molar refractivity (Wildman–Crippen MR) is 65.1 cm³/mol. The van der Waals surface area contributed by atoms with Crippen molar-refractivity contribution in [2.45, 2.75) is 38.3 Å². The molecule has 0 atom stereocenters. The largest absolute Gasteiger partial charge is 0.416 e. The first-order valence-corrected chi connectivity index (χ1v) is 6.32. The molecule has 1 fully saturated rings. The highest BCUT2D eigenvalue weighted by molar-refractivity contribution is 5.31. The van der Waals surface area contributed by atoms with E-state index in [1.165, 1.54) is 6.07 Å². The maximum absolute atomic E-state index is 12.9. The molecule has 0 saturated heterocycles. The van der Waals surface area contributed by atoms with Crippen LogP contribution in [0.1, 0.15) is 36.8 Å². The van der Waals surface area contributed by atoms with Gasteiger partial charge in [0.2, 0.25) is 0 Å². The lowest BCUT2D eigenvalue weighted by atomic mass is 9.79. The van der Waals surface area contributed by atoms with Crippen molar-refractivity contribution in [3.05, 3.63) is 35.4 Å². The average Bonchev–Trinajstić information content (AvgIpc) is 2.78. The van der Waals surface area contributed by atoms with Crippen molar-refractivity contribution in [1.82, 2.24) is 0 Å². The van der Waals surface area contributed by atoms with Crippen LogP contribution in [0.4, 0.5) is 13.2 Å². The number of benzene rings is 1. The molecule has 0 radical (unpaired) electrons. The molecule has 2 rings (SSSR count). The molecule has 18 heavy (non-hydrogen) atoms. The summed E-state index contributed by atoms with van der Waals surface area (Å²) in [5.74, 6) is 0. The summed E-state index contributed by atoms with van der Waals surface area (Å²) in [7, 11) is 0. The Balaban J connectivity index is 2.29.